The minimum atomic E-state index is -0.373. The Bertz CT molecular complexity index is 1010. The zero-order valence-electron chi connectivity index (χ0n) is 16.4. The van der Waals surface area contributed by atoms with Crippen LogP contribution in [0.3, 0.4) is 0 Å². The second kappa shape index (κ2) is 9.92. The second-order valence-corrected chi connectivity index (χ2v) is 6.51. The smallest absolute Gasteiger partial charge is 0.319 e. The van der Waals surface area contributed by atoms with Crippen molar-refractivity contribution in [2.45, 2.75) is 13.5 Å². The van der Waals surface area contributed by atoms with Crippen LogP contribution < -0.4 is 21.3 Å². The number of carbonyl (C=O) groups is 3. The summed E-state index contributed by atoms with van der Waals surface area (Å²) in [6.45, 7) is 1.96. The molecular weight excluding hydrogens is 384 g/mol. The maximum atomic E-state index is 12.2. The first-order valence-electron chi connectivity index (χ1n) is 9.32. The van der Waals surface area contributed by atoms with Crippen molar-refractivity contribution in [2.75, 3.05) is 17.2 Å². The molecular formula is C22H22N4O4. The number of rotatable bonds is 7. The summed E-state index contributed by atoms with van der Waals surface area (Å²) < 4.78 is 5.14. The molecule has 1 aromatic heterocycles. The van der Waals surface area contributed by atoms with Gasteiger partial charge in [0, 0.05) is 16.9 Å². The molecule has 4 N–H and O–H groups in total. The SMILES string of the molecule is Cc1ccccc1C(=O)NCC(=O)Nc1ccc(NC(=O)NCc2ccco2)cc1. The Morgan fingerprint density at radius 1 is 0.833 bits per heavy atom. The Balaban J connectivity index is 1.43. The Morgan fingerprint density at radius 3 is 2.20 bits per heavy atom. The molecule has 0 saturated carbocycles. The number of amides is 4. The Morgan fingerprint density at radius 2 is 1.53 bits per heavy atom. The largest absolute Gasteiger partial charge is 0.467 e. The summed E-state index contributed by atoms with van der Waals surface area (Å²) in [5, 5.41) is 10.7. The van der Waals surface area contributed by atoms with Gasteiger partial charge in [-0.2, -0.15) is 0 Å². The number of benzene rings is 2. The van der Waals surface area contributed by atoms with Gasteiger partial charge in [0.05, 0.1) is 19.4 Å². The highest BCUT2D eigenvalue weighted by Gasteiger charge is 2.10. The summed E-state index contributed by atoms with van der Waals surface area (Å²) in [5.74, 6) is -0.00470. The molecule has 0 spiro atoms. The van der Waals surface area contributed by atoms with Crippen molar-refractivity contribution in [3.8, 4) is 0 Å². The molecule has 30 heavy (non-hydrogen) atoms. The first-order chi connectivity index (χ1) is 14.5. The van der Waals surface area contributed by atoms with E-state index in [4.69, 9.17) is 4.42 Å². The molecule has 8 nitrogen and oxygen atoms in total. The second-order valence-electron chi connectivity index (χ2n) is 6.51. The lowest BCUT2D eigenvalue weighted by Crippen LogP contribution is -2.33. The third kappa shape index (κ3) is 5.96. The van der Waals surface area contributed by atoms with Crippen molar-refractivity contribution < 1.29 is 18.8 Å². The number of urea groups is 1. The zero-order valence-corrected chi connectivity index (χ0v) is 16.4. The van der Waals surface area contributed by atoms with E-state index in [0.717, 1.165) is 5.56 Å². The molecule has 0 unspecified atom stereocenters. The van der Waals surface area contributed by atoms with E-state index in [2.05, 4.69) is 21.3 Å². The lowest BCUT2D eigenvalue weighted by Gasteiger charge is -2.10. The molecule has 2 aromatic carbocycles. The highest BCUT2D eigenvalue weighted by Crippen LogP contribution is 2.13. The number of furan rings is 1. The first kappa shape index (κ1) is 20.7. The number of hydrogen-bond acceptors (Lipinski definition) is 4. The molecule has 0 aliphatic carbocycles. The maximum absolute atomic E-state index is 12.2. The number of anilines is 2. The maximum Gasteiger partial charge on any atom is 0.319 e. The van der Waals surface area contributed by atoms with Crippen molar-refractivity contribution in [1.29, 1.82) is 0 Å². The van der Waals surface area contributed by atoms with E-state index in [1.54, 1.807) is 48.5 Å². The molecule has 4 amide bonds. The predicted octanol–water partition coefficient (Wildman–Crippen LogP) is 3.28. The standard InChI is InChI=1S/C22H22N4O4/c1-15-5-2-3-7-19(15)21(28)23-14-20(27)25-16-8-10-17(11-9-16)26-22(29)24-13-18-6-4-12-30-18/h2-12H,13-14H2,1H3,(H,23,28)(H,25,27)(H2,24,26,29). The topological polar surface area (TPSA) is 112 Å². The normalized spacial score (nSPS) is 10.2. The van der Waals surface area contributed by atoms with E-state index in [1.807, 2.05) is 19.1 Å². The monoisotopic (exact) mass is 406 g/mol. The molecule has 8 heteroatoms. The third-order valence-corrected chi connectivity index (χ3v) is 4.23. The summed E-state index contributed by atoms with van der Waals surface area (Å²) in [7, 11) is 0. The van der Waals surface area contributed by atoms with E-state index in [9.17, 15) is 14.4 Å². The van der Waals surface area contributed by atoms with Gasteiger partial charge in [-0.1, -0.05) is 18.2 Å². The van der Waals surface area contributed by atoms with E-state index in [0.29, 0.717) is 22.7 Å². The van der Waals surface area contributed by atoms with Crippen LogP contribution in [0.5, 0.6) is 0 Å². The van der Waals surface area contributed by atoms with Crippen molar-refractivity contribution >= 4 is 29.2 Å². The van der Waals surface area contributed by atoms with E-state index in [1.165, 1.54) is 6.26 Å². The lowest BCUT2D eigenvalue weighted by molar-refractivity contribution is -0.115. The predicted molar refractivity (Wildman–Crippen MR) is 113 cm³/mol. The van der Waals surface area contributed by atoms with Crippen LogP contribution in [0, 0.1) is 6.92 Å². The number of nitrogens with one attached hydrogen (secondary N) is 4. The Hall–Kier alpha value is -4.07. The van der Waals surface area contributed by atoms with Gasteiger partial charge in [-0.3, -0.25) is 9.59 Å². The lowest BCUT2D eigenvalue weighted by atomic mass is 10.1. The molecule has 0 bridgehead atoms. The summed E-state index contributed by atoms with van der Waals surface area (Å²) in [6.07, 6.45) is 1.54. The summed E-state index contributed by atoms with van der Waals surface area (Å²) >= 11 is 0. The van der Waals surface area contributed by atoms with Crippen LogP contribution in [-0.2, 0) is 11.3 Å². The van der Waals surface area contributed by atoms with Crippen molar-refractivity contribution in [3.05, 3.63) is 83.8 Å². The van der Waals surface area contributed by atoms with Crippen LogP contribution >= 0.6 is 0 Å². The Kier molecular flexibility index (Phi) is 6.83. The van der Waals surface area contributed by atoms with Crippen LogP contribution in [0.15, 0.2) is 71.3 Å². The fraction of sp³-hybridized carbons (Fsp3) is 0.136. The molecule has 0 fully saturated rings. The van der Waals surface area contributed by atoms with Gasteiger partial charge in [0.25, 0.3) is 5.91 Å². The average molecular weight is 406 g/mol. The summed E-state index contributed by atoms with van der Waals surface area (Å²) in [5.41, 5.74) is 2.49. The first-order valence-corrected chi connectivity index (χ1v) is 9.32. The van der Waals surface area contributed by atoms with Crippen LogP contribution in [0.2, 0.25) is 0 Å². The van der Waals surface area contributed by atoms with Gasteiger partial charge in [0.1, 0.15) is 5.76 Å². The average Bonchev–Trinajstić information content (AvgIpc) is 3.26. The molecule has 3 aromatic rings. The van der Waals surface area contributed by atoms with Crippen LogP contribution in [-0.4, -0.2) is 24.4 Å². The minimum Gasteiger partial charge on any atom is -0.467 e. The molecule has 154 valence electrons. The van der Waals surface area contributed by atoms with Crippen molar-refractivity contribution in [2.24, 2.45) is 0 Å². The molecule has 0 saturated heterocycles. The minimum absolute atomic E-state index is 0.150. The van der Waals surface area contributed by atoms with Crippen LogP contribution in [0.1, 0.15) is 21.7 Å². The number of aryl methyl sites for hydroxylation is 1. The highest BCUT2D eigenvalue weighted by atomic mass is 16.3. The van der Waals surface area contributed by atoms with Gasteiger partial charge in [-0.25, -0.2) is 4.79 Å². The quantitative estimate of drug-likeness (QED) is 0.482. The van der Waals surface area contributed by atoms with Gasteiger partial charge in [0.15, 0.2) is 0 Å². The van der Waals surface area contributed by atoms with E-state index >= 15 is 0 Å². The molecule has 3 rings (SSSR count). The summed E-state index contributed by atoms with van der Waals surface area (Å²) in [4.78, 5) is 36.1. The zero-order chi connectivity index (χ0) is 21.3. The molecule has 1 heterocycles. The fourth-order valence-corrected chi connectivity index (χ4v) is 2.68. The molecule has 0 aliphatic heterocycles. The van der Waals surface area contributed by atoms with E-state index < -0.39 is 0 Å². The molecule has 0 atom stereocenters. The highest BCUT2D eigenvalue weighted by molar-refractivity contribution is 6.00. The van der Waals surface area contributed by atoms with Crippen molar-refractivity contribution in [1.82, 2.24) is 10.6 Å². The number of hydrogen-bond donors (Lipinski definition) is 4. The fourth-order valence-electron chi connectivity index (χ4n) is 2.68. The van der Waals surface area contributed by atoms with E-state index in [-0.39, 0.29) is 30.9 Å². The van der Waals surface area contributed by atoms with Crippen molar-refractivity contribution in [3.63, 3.8) is 0 Å². The summed E-state index contributed by atoms with van der Waals surface area (Å²) in [6, 6.07) is 16.9. The molecule has 0 radical (unpaired) electrons. The van der Waals surface area contributed by atoms with Gasteiger partial charge in [-0.05, 0) is 55.0 Å². The van der Waals surface area contributed by atoms with Crippen LogP contribution in [0.4, 0.5) is 16.2 Å². The van der Waals surface area contributed by atoms with Gasteiger partial charge in [0.2, 0.25) is 5.91 Å². The Labute approximate surface area is 173 Å². The van der Waals surface area contributed by atoms with Crippen LogP contribution in [0.25, 0.3) is 0 Å². The van der Waals surface area contributed by atoms with Gasteiger partial charge < -0.3 is 25.7 Å². The number of carbonyl (C=O) groups excluding carboxylic acids is 3. The van der Waals surface area contributed by atoms with Gasteiger partial charge in [-0.15, -0.1) is 0 Å². The van der Waals surface area contributed by atoms with Gasteiger partial charge >= 0.3 is 6.03 Å². The third-order valence-electron chi connectivity index (χ3n) is 4.23. The molecule has 0 aliphatic rings.